The van der Waals surface area contributed by atoms with Gasteiger partial charge in [0.05, 0.1) is 22.9 Å². The van der Waals surface area contributed by atoms with Crippen LogP contribution in [0.3, 0.4) is 0 Å². The lowest BCUT2D eigenvalue weighted by Gasteiger charge is -2.32. The van der Waals surface area contributed by atoms with Crippen molar-refractivity contribution in [1.82, 2.24) is 29.9 Å². The molecule has 3 aliphatic heterocycles. The molecule has 2 amide bonds. The van der Waals surface area contributed by atoms with Crippen molar-refractivity contribution in [3.05, 3.63) is 87.1 Å². The molecule has 264 valence electrons. The predicted molar refractivity (Wildman–Crippen MR) is 181 cm³/mol. The number of anilines is 1. The van der Waals surface area contributed by atoms with Gasteiger partial charge in [-0.15, -0.1) is 0 Å². The van der Waals surface area contributed by atoms with Crippen LogP contribution in [0, 0.1) is 5.82 Å². The van der Waals surface area contributed by atoms with Crippen molar-refractivity contribution < 1.29 is 27.2 Å². The molecular weight excluding hydrogens is 650 g/mol. The fourth-order valence-electron chi connectivity index (χ4n) is 7.67. The van der Waals surface area contributed by atoms with Crippen LogP contribution in [0.5, 0.6) is 0 Å². The summed E-state index contributed by atoms with van der Waals surface area (Å²) >= 11 is 0. The van der Waals surface area contributed by atoms with Crippen molar-refractivity contribution in [2.45, 2.75) is 76.0 Å². The molecule has 2 aromatic heterocycles. The van der Waals surface area contributed by atoms with Crippen molar-refractivity contribution in [3.8, 4) is 0 Å². The van der Waals surface area contributed by atoms with E-state index in [1.807, 2.05) is 29.2 Å². The largest absolute Gasteiger partial charge is 0.419 e. The first kappa shape index (κ1) is 34.0. The molecule has 0 radical (unpaired) electrons. The minimum absolute atomic E-state index is 0.0329. The van der Waals surface area contributed by atoms with Gasteiger partial charge in [-0.1, -0.05) is 24.6 Å². The topological polar surface area (TPSA) is 95.4 Å². The number of nitrogens with zero attached hydrogens (tertiary/aromatic N) is 5. The number of carbonyl (C=O) groups excluding carboxylic acids is 2. The van der Waals surface area contributed by atoms with E-state index in [0.29, 0.717) is 56.4 Å². The van der Waals surface area contributed by atoms with Gasteiger partial charge in [-0.3, -0.25) is 14.6 Å². The molecule has 2 N–H and O–H groups in total. The maximum Gasteiger partial charge on any atom is 0.419 e. The van der Waals surface area contributed by atoms with Gasteiger partial charge in [0.15, 0.2) is 0 Å². The summed E-state index contributed by atoms with van der Waals surface area (Å²) in [5.74, 6) is -1.11. The summed E-state index contributed by atoms with van der Waals surface area (Å²) in [5, 5.41) is 13.1. The van der Waals surface area contributed by atoms with Crippen molar-refractivity contribution in [2.75, 3.05) is 38.0 Å². The quantitative estimate of drug-likeness (QED) is 0.356. The van der Waals surface area contributed by atoms with Crippen LogP contribution < -0.4 is 21.1 Å². The van der Waals surface area contributed by atoms with E-state index in [0.717, 1.165) is 41.8 Å². The van der Waals surface area contributed by atoms with Crippen LogP contribution in [0.1, 0.15) is 80.7 Å². The normalized spacial score (nSPS) is 21.4. The number of amides is 2. The van der Waals surface area contributed by atoms with Gasteiger partial charge in [-0.05, 0) is 86.3 Å². The maximum absolute atomic E-state index is 15.0. The zero-order chi connectivity index (χ0) is 35.0. The number of piperidine rings is 2. The number of allylic oxidation sites excluding steroid dienone is 1. The van der Waals surface area contributed by atoms with Gasteiger partial charge >= 0.3 is 6.18 Å². The lowest BCUT2D eigenvalue weighted by atomic mass is 9.93. The van der Waals surface area contributed by atoms with Crippen LogP contribution in [0.25, 0.3) is 12.2 Å². The highest BCUT2D eigenvalue weighted by molar-refractivity contribution is 5.97. The average Bonchev–Trinajstić information content (AvgIpc) is 3.53. The Balaban J connectivity index is 1.13. The van der Waals surface area contributed by atoms with E-state index in [4.69, 9.17) is 5.10 Å². The van der Waals surface area contributed by atoms with E-state index in [9.17, 15) is 22.8 Å². The summed E-state index contributed by atoms with van der Waals surface area (Å²) in [6.07, 6.45) is 8.56. The zero-order valence-electron chi connectivity index (χ0n) is 28.0. The third-order valence-electron chi connectivity index (χ3n) is 10.4. The highest BCUT2D eigenvalue weighted by atomic mass is 19.4. The first-order valence-corrected chi connectivity index (χ1v) is 17.4. The Labute approximate surface area is 287 Å². The fraction of sp³-hybridized carbons (Fsp3) is 0.459. The fourth-order valence-corrected chi connectivity index (χ4v) is 7.67. The average molecular weight is 692 g/mol. The minimum Gasteiger partial charge on any atom is -0.346 e. The van der Waals surface area contributed by atoms with E-state index < -0.39 is 29.5 Å². The van der Waals surface area contributed by atoms with Crippen molar-refractivity contribution in [1.29, 1.82) is 0 Å². The number of fused-ring (bicyclic) bond motifs is 2. The number of benzene rings is 1. The van der Waals surface area contributed by atoms with E-state index >= 15 is 4.39 Å². The lowest BCUT2D eigenvalue weighted by molar-refractivity contribution is -0.140. The number of likely N-dealkylation sites (tertiary alicyclic amines) is 2. The smallest absolute Gasteiger partial charge is 0.346 e. The molecule has 1 aromatic carbocycles. The van der Waals surface area contributed by atoms with Crippen LogP contribution in [0.15, 0.2) is 54.0 Å². The molecule has 2 saturated heterocycles. The standard InChI is InChI=1S/C37H41F4N7O2/c1-23-34(36(50)44-28-7-5-27-22-42-13-9-25(27)19-28)35(26-6-8-29(30(38)20-26)37(39,40)41)48-32(43-23)21-31(45-48)24-10-17-47(18-11-24)33(49)12-16-46-14-3-2-4-15-46/h5-6,8-9,13,19-22,24,28,35,43H,2-4,7,10-12,14-18H2,1H3,(H,44,50). The predicted octanol–water partition coefficient (Wildman–Crippen LogP) is 4.46. The van der Waals surface area contributed by atoms with Gasteiger partial charge in [0.1, 0.15) is 17.7 Å². The molecule has 9 nitrogen and oxygen atoms in total. The molecule has 0 bridgehead atoms. The van der Waals surface area contributed by atoms with Crippen LogP contribution in [-0.4, -0.2) is 75.1 Å². The van der Waals surface area contributed by atoms with Crippen molar-refractivity contribution in [3.63, 3.8) is 0 Å². The Morgan fingerprint density at radius 1 is 1.02 bits per heavy atom. The second kappa shape index (κ2) is 14.0. The Kier molecular flexibility index (Phi) is 9.51. The maximum atomic E-state index is 15.0. The van der Waals surface area contributed by atoms with Crippen LogP contribution >= 0.6 is 0 Å². The molecule has 0 saturated carbocycles. The molecule has 4 aliphatic rings. The molecule has 1 aliphatic carbocycles. The zero-order valence-corrected chi connectivity index (χ0v) is 28.0. The molecule has 2 fully saturated rings. The van der Waals surface area contributed by atoms with Crippen LogP contribution in [0.2, 0.25) is 0 Å². The highest BCUT2D eigenvalue weighted by Gasteiger charge is 2.38. The van der Waals surface area contributed by atoms with E-state index in [-0.39, 0.29) is 29.0 Å². The van der Waals surface area contributed by atoms with Crippen LogP contribution in [-0.2, 0) is 15.8 Å². The molecular formula is C37H41F4N7O2. The molecule has 3 aromatic rings. The van der Waals surface area contributed by atoms with E-state index in [2.05, 4.69) is 20.5 Å². The Bertz CT molecular complexity index is 1920. The highest BCUT2D eigenvalue weighted by Crippen LogP contribution is 2.40. The second-order valence-electron chi connectivity index (χ2n) is 13.7. The van der Waals surface area contributed by atoms with Gasteiger partial charge in [-0.25, -0.2) is 9.07 Å². The second-order valence-corrected chi connectivity index (χ2v) is 13.7. The summed E-state index contributed by atoms with van der Waals surface area (Å²) in [7, 11) is 0. The van der Waals surface area contributed by atoms with E-state index in [1.165, 1.54) is 25.3 Å². The van der Waals surface area contributed by atoms with Crippen LogP contribution in [0.4, 0.5) is 23.4 Å². The Morgan fingerprint density at radius 2 is 1.80 bits per heavy atom. The van der Waals surface area contributed by atoms with Gasteiger partial charge < -0.3 is 20.4 Å². The lowest BCUT2D eigenvalue weighted by Crippen LogP contribution is -2.42. The molecule has 50 heavy (non-hydrogen) atoms. The monoisotopic (exact) mass is 691 g/mol. The van der Waals surface area contributed by atoms with Gasteiger partial charge in [0, 0.05) is 56.1 Å². The third-order valence-corrected chi connectivity index (χ3v) is 10.4. The number of hydrogen-bond donors (Lipinski definition) is 2. The van der Waals surface area contributed by atoms with E-state index in [1.54, 1.807) is 24.0 Å². The number of carbonyl (C=O) groups is 2. The summed E-state index contributed by atoms with van der Waals surface area (Å²) < 4.78 is 57.2. The van der Waals surface area contributed by atoms with Gasteiger partial charge in [0.2, 0.25) is 5.91 Å². The molecule has 2 atom stereocenters. The third kappa shape index (κ3) is 7.05. The first-order chi connectivity index (χ1) is 24.0. The van der Waals surface area contributed by atoms with Crippen molar-refractivity contribution >= 4 is 29.8 Å². The molecule has 7 rings (SSSR count). The summed E-state index contributed by atoms with van der Waals surface area (Å²) in [6.45, 7) is 5.82. The number of rotatable bonds is 7. The molecule has 5 heterocycles. The first-order valence-electron chi connectivity index (χ1n) is 17.4. The number of halogens is 4. The minimum atomic E-state index is -4.87. The SMILES string of the molecule is CC1=C(C(=O)NC2C=c3ccncc3=CC2)C(c2ccc(C(F)(F)F)c(F)c2)n2nc(C3CCN(C(=O)CCN4CCCCC4)CC3)cc2N1. The van der Waals surface area contributed by atoms with Gasteiger partial charge in [-0.2, -0.15) is 18.3 Å². The molecule has 2 unspecified atom stereocenters. The summed E-state index contributed by atoms with van der Waals surface area (Å²) in [4.78, 5) is 35.5. The Hall–Kier alpha value is -4.52. The Morgan fingerprint density at radius 3 is 2.54 bits per heavy atom. The number of pyridine rings is 1. The van der Waals surface area contributed by atoms with Gasteiger partial charge in [0.25, 0.3) is 5.91 Å². The number of alkyl halides is 3. The summed E-state index contributed by atoms with van der Waals surface area (Å²) in [5.41, 5.74) is 0.267. The summed E-state index contributed by atoms with van der Waals surface area (Å²) in [6, 6.07) is 5.20. The number of nitrogens with one attached hydrogen (secondary N) is 2. The number of hydrogen-bond acceptors (Lipinski definition) is 6. The molecule has 13 heteroatoms. The van der Waals surface area contributed by atoms with Crippen molar-refractivity contribution in [2.24, 2.45) is 0 Å². The number of aromatic nitrogens is 3. The molecule has 0 spiro atoms.